The lowest BCUT2D eigenvalue weighted by molar-refractivity contribution is 0.0336. The molecule has 0 aliphatic heterocycles. The van der Waals surface area contributed by atoms with E-state index in [1.165, 1.54) is 11.1 Å². The van der Waals surface area contributed by atoms with E-state index in [0.717, 1.165) is 11.0 Å². The van der Waals surface area contributed by atoms with Crippen molar-refractivity contribution >= 4 is 15.9 Å². The number of halogens is 1. The summed E-state index contributed by atoms with van der Waals surface area (Å²) >= 11 is 3.53. The average Bonchev–Trinajstić information content (AvgIpc) is 2.21. The molecule has 0 amide bonds. The van der Waals surface area contributed by atoms with Crippen LogP contribution in [0.1, 0.15) is 18.1 Å². The molecule has 3 nitrogen and oxygen atoms in total. The molecule has 1 atom stereocenters. The van der Waals surface area contributed by atoms with Crippen LogP contribution in [0.3, 0.4) is 0 Å². The fourth-order valence-electron chi connectivity index (χ4n) is 1.96. The molecule has 0 saturated heterocycles. The lowest BCUT2D eigenvalue weighted by atomic mass is 10.1. The summed E-state index contributed by atoms with van der Waals surface area (Å²) in [6.45, 7) is 5.92. The summed E-state index contributed by atoms with van der Waals surface area (Å²) in [5.41, 5.74) is 1.75. The molecule has 0 saturated carbocycles. The van der Waals surface area contributed by atoms with Gasteiger partial charge in [0.15, 0.2) is 0 Å². The van der Waals surface area contributed by atoms with Gasteiger partial charge in [0.05, 0.1) is 5.60 Å². The third-order valence-electron chi connectivity index (χ3n) is 2.73. The first-order chi connectivity index (χ1) is 8.30. The van der Waals surface area contributed by atoms with Crippen LogP contribution in [0.2, 0.25) is 0 Å². The molecule has 0 bridgehead atoms. The number of hydrogen-bond donors (Lipinski definition) is 2. The Kier molecular flexibility index (Phi) is 5.79. The number of likely N-dealkylation sites (N-methyl/N-ethyl adjacent to an activating group) is 1. The Hall–Kier alpha value is -0.420. The van der Waals surface area contributed by atoms with Gasteiger partial charge >= 0.3 is 0 Å². The number of rotatable bonds is 6. The molecule has 1 aromatic carbocycles. The zero-order valence-corrected chi connectivity index (χ0v) is 13.2. The molecule has 0 aliphatic carbocycles. The number of nitrogens with zero attached hydrogens (tertiary/aromatic N) is 1. The van der Waals surface area contributed by atoms with Crippen LogP contribution < -0.4 is 5.32 Å². The third-order valence-corrected chi connectivity index (χ3v) is 3.58. The topological polar surface area (TPSA) is 35.5 Å². The Balaban J connectivity index is 2.43. The fraction of sp³-hybridized carbons (Fsp3) is 0.571. The number of aliphatic hydroxyl groups is 1. The lowest BCUT2D eigenvalue weighted by Crippen LogP contribution is -2.45. The first kappa shape index (κ1) is 15.6. The standard InChI is InChI=1S/C14H23BrN2O/c1-11-5-6-12(7-13(11)15)8-16-9-14(2,18)10-17(3)4/h5-7,16,18H,8-10H2,1-4H3. The van der Waals surface area contributed by atoms with Gasteiger partial charge in [-0.05, 0) is 45.1 Å². The molecule has 4 heteroatoms. The van der Waals surface area contributed by atoms with Crippen LogP contribution in [0.4, 0.5) is 0 Å². The maximum atomic E-state index is 10.1. The fourth-order valence-corrected chi connectivity index (χ4v) is 2.39. The van der Waals surface area contributed by atoms with Crippen molar-refractivity contribution < 1.29 is 5.11 Å². The van der Waals surface area contributed by atoms with E-state index in [0.29, 0.717) is 13.1 Å². The van der Waals surface area contributed by atoms with Gasteiger partial charge < -0.3 is 15.3 Å². The summed E-state index contributed by atoms with van der Waals surface area (Å²) in [5.74, 6) is 0. The van der Waals surface area contributed by atoms with Crippen LogP contribution >= 0.6 is 15.9 Å². The molecule has 0 radical (unpaired) electrons. The summed E-state index contributed by atoms with van der Waals surface area (Å²) in [7, 11) is 3.93. The van der Waals surface area contributed by atoms with Crippen LogP contribution in [0.25, 0.3) is 0 Å². The van der Waals surface area contributed by atoms with Crippen LogP contribution in [0, 0.1) is 6.92 Å². The van der Waals surface area contributed by atoms with Crippen molar-refractivity contribution in [2.45, 2.75) is 26.0 Å². The minimum atomic E-state index is -0.703. The number of nitrogens with one attached hydrogen (secondary N) is 1. The van der Waals surface area contributed by atoms with E-state index in [2.05, 4.69) is 46.4 Å². The summed E-state index contributed by atoms with van der Waals surface area (Å²) in [4.78, 5) is 1.99. The van der Waals surface area contributed by atoms with Gasteiger partial charge in [-0.3, -0.25) is 0 Å². The molecule has 18 heavy (non-hydrogen) atoms. The molecule has 0 fully saturated rings. The van der Waals surface area contributed by atoms with Crippen LogP contribution in [-0.4, -0.2) is 42.8 Å². The summed E-state index contributed by atoms with van der Waals surface area (Å²) in [5, 5.41) is 13.4. The Bertz CT molecular complexity index is 391. The quantitative estimate of drug-likeness (QED) is 0.844. The second kappa shape index (κ2) is 6.66. The molecule has 0 aromatic heterocycles. The zero-order chi connectivity index (χ0) is 13.8. The molecule has 102 valence electrons. The molecule has 0 spiro atoms. The maximum Gasteiger partial charge on any atom is 0.0869 e. The smallest absolute Gasteiger partial charge is 0.0869 e. The second-order valence-corrected chi connectivity index (χ2v) is 6.28. The predicted molar refractivity (Wildman–Crippen MR) is 79.8 cm³/mol. The molecular weight excluding hydrogens is 292 g/mol. The van der Waals surface area contributed by atoms with Crippen molar-refractivity contribution in [2.75, 3.05) is 27.2 Å². The lowest BCUT2D eigenvalue weighted by Gasteiger charge is -2.27. The van der Waals surface area contributed by atoms with E-state index in [9.17, 15) is 5.11 Å². The Morgan fingerprint density at radius 1 is 1.39 bits per heavy atom. The molecule has 2 N–H and O–H groups in total. The summed E-state index contributed by atoms with van der Waals surface area (Å²) in [6.07, 6.45) is 0. The normalized spacial score (nSPS) is 14.8. The zero-order valence-electron chi connectivity index (χ0n) is 11.6. The average molecular weight is 315 g/mol. The van der Waals surface area contributed by atoms with E-state index in [1.807, 2.05) is 25.9 Å². The third kappa shape index (κ3) is 5.48. The Morgan fingerprint density at radius 3 is 2.61 bits per heavy atom. The molecule has 1 aromatic rings. The van der Waals surface area contributed by atoms with E-state index in [-0.39, 0.29) is 0 Å². The van der Waals surface area contributed by atoms with Crippen molar-refractivity contribution in [2.24, 2.45) is 0 Å². The second-order valence-electron chi connectivity index (χ2n) is 5.42. The molecule has 0 heterocycles. The van der Waals surface area contributed by atoms with E-state index in [4.69, 9.17) is 0 Å². The highest BCUT2D eigenvalue weighted by molar-refractivity contribution is 9.10. The highest BCUT2D eigenvalue weighted by Crippen LogP contribution is 2.17. The first-order valence-electron chi connectivity index (χ1n) is 6.13. The van der Waals surface area contributed by atoms with E-state index < -0.39 is 5.60 Å². The molecular formula is C14H23BrN2O. The number of aryl methyl sites for hydroxylation is 1. The van der Waals surface area contributed by atoms with E-state index in [1.54, 1.807) is 0 Å². The van der Waals surface area contributed by atoms with Crippen molar-refractivity contribution in [1.82, 2.24) is 10.2 Å². The Labute approximate surface area is 118 Å². The van der Waals surface area contributed by atoms with Crippen molar-refractivity contribution in [3.63, 3.8) is 0 Å². The van der Waals surface area contributed by atoms with Crippen molar-refractivity contribution in [3.8, 4) is 0 Å². The van der Waals surface area contributed by atoms with Gasteiger partial charge in [0, 0.05) is 24.1 Å². The predicted octanol–water partition coefficient (Wildman–Crippen LogP) is 2.16. The van der Waals surface area contributed by atoms with Gasteiger partial charge in [-0.15, -0.1) is 0 Å². The van der Waals surface area contributed by atoms with Crippen LogP contribution in [-0.2, 0) is 6.54 Å². The largest absolute Gasteiger partial charge is 0.388 e. The number of hydrogen-bond acceptors (Lipinski definition) is 3. The molecule has 1 unspecified atom stereocenters. The van der Waals surface area contributed by atoms with Gasteiger partial charge in [0.1, 0.15) is 0 Å². The van der Waals surface area contributed by atoms with Gasteiger partial charge in [-0.25, -0.2) is 0 Å². The minimum absolute atomic E-state index is 0.580. The first-order valence-corrected chi connectivity index (χ1v) is 6.92. The SMILES string of the molecule is Cc1ccc(CNCC(C)(O)CN(C)C)cc1Br. The molecule has 1 rings (SSSR count). The minimum Gasteiger partial charge on any atom is -0.388 e. The molecule has 0 aliphatic rings. The van der Waals surface area contributed by atoms with Gasteiger partial charge in [-0.2, -0.15) is 0 Å². The monoisotopic (exact) mass is 314 g/mol. The van der Waals surface area contributed by atoms with Crippen LogP contribution in [0.15, 0.2) is 22.7 Å². The van der Waals surface area contributed by atoms with Crippen LogP contribution in [0.5, 0.6) is 0 Å². The van der Waals surface area contributed by atoms with Gasteiger partial charge in [-0.1, -0.05) is 28.1 Å². The Morgan fingerprint density at radius 2 is 2.06 bits per heavy atom. The van der Waals surface area contributed by atoms with E-state index >= 15 is 0 Å². The highest BCUT2D eigenvalue weighted by atomic mass is 79.9. The maximum absolute atomic E-state index is 10.1. The summed E-state index contributed by atoms with van der Waals surface area (Å²) < 4.78 is 1.13. The van der Waals surface area contributed by atoms with Crippen molar-refractivity contribution in [3.05, 3.63) is 33.8 Å². The number of benzene rings is 1. The van der Waals surface area contributed by atoms with Gasteiger partial charge in [0.2, 0.25) is 0 Å². The summed E-state index contributed by atoms with van der Waals surface area (Å²) in [6, 6.07) is 6.32. The van der Waals surface area contributed by atoms with Gasteiger partial charge in [0.25, 0.3) is 0 Å². The van der Waals surface area contributed by atoms with Crippen molar-refractivity contribution in [1.29, 1.82) is 0 Å². The highest BCUT2D eigenvalue weighted by Gasteiger charge is 2.20.